The van der Waals surface area contributed by atoms with Crippen molar-refractivity contribution in [2.75, 3.05) is 6.61 Å². The summed E-state index contributed by atoms with van der Waals surface area (Å²) in [5.74, 6) is 0.0769. The lowest BCUT2D eigenvalue weighted by Crippen LogP contribution is -2.53. The third-order valence-corrected chi connectivity index (χ3v) is 6.84. The van der Waals surface area contributed by atoms with Crippen molar-refractivity contribution in [1.82, 2.24) is 5.32 Å². The summed E-state index contributed by atoms with van der Waals surface area (Å²) >= 11 is 0. The van der Waals surface area contributed by atoms with Gasteiger partial charge < -0.3 is 29.7 Å². The van der Waals surface area contributed by atoms with Crippen LogP contribution in [0.25, 0.3) is 0 Å². The fourth-order valence-corrected chi connectivity index (χ4v) is 4.90. The van der Waals surface area contributed by atoms with Gasteiger partial charge >= 0.3 is 0 Å². The number of hydrogen-bond acceptors (Lipinski definition) is 6. The summed E-state index contributed by atoms with van der Waals surface area (Å²) in [4.78, 5) is 12.1. The van der Waals surface area contributed by atoms with E-state index < -0.39 is 23.9 Å². The second kappa shape index (κ2) is 10.4. The van der Waals surface area contributed by atoms with Crippen LogP contribution in [0.4, 0.5) is 0 Å². The number of carbonyl (C=O) groups excluding carboxylic acids is 1. The summed E-state index contributed by atoms with van der Waals surface area (Å²) in [5, 5.41) is 22.9. The monoisotopic (exact) mass is 463 g/mol. The van der Waals surface area contributed by atoms with Gasteiger partial charge in [0.25, 0.3) is 0 Å². The smallest absolute Gasteiger partial charge is 0.244 e. The summed E-state index contributed by atoms with van der Waals surface area (Å²) in [5.41, 5.74) is 0.303. The molecule has 0 aromatic carbocycles. The molecule has 33 heavy (non-hydrogen) atoms. The number of aliphatic hydroxyl groups is 2. The molecule has 0 radical (unpaired) electrons. The molecule has 0 bridgehead atoms. The average Bonchev–Trinajstić information content (AvgIpc) is 3.48. The molecule has 3 rings (SSSR count). The van der Waals surface area contributed by atoms with Crippen LogP contribution in [-0.4, -0.2) is 70.5 Å². The zero-order valence-corrected chi connectivity index (χ0v) is 20.8. The van der Waals surface area contributed by atoms with E-state index >= 15 is 0 Å². The van der Waals surface area contributed by atoms with Gasteiger partial charge in [-0.05, 0) is 53.4 Å². The van der Waals surface area contributed by atoms with E-state index in [0.29, 0.717) is 13.0 Å². The first-order valence-electron chi connectivity index (χ1n) is 12.1. The van der Waals surface area contributed by atoms with Crippen LogP contribution in [0, 0.1) is 5.92 Å². The van der Waals surface area contributed by atoms with Gasteiger partial charge in [-0.2, -0.15) is 0 Å². The third kappa shape index (κ3) is 6.99. The lowest BCUT2D eigenvalue weighted by atomic mass is 9.83. The van der Waals surface area contributed by atoms with Gasteiger partial charge in [-0.15, -0.1) is 0 Å². The molecular formula is C26H41NO6. The Hall–Kier alpha value is -1.51. The standard InChI is InChI=1S/C26H41NO6/c1-16(8-11-22-24(30)26(15-31-26)14-25(5,6)33-22)7-10-21-17(2)13-20(19(4)32-21)27-23(29)12-9-18(3)28/h7-9,11-12,17-22,24,28,30H,10,13-15H2,1-6H3,(H,27,29)/b11-8+,12-9-,16-7+/t17-,18+,19+,20+,21-,22+,24+,26+/m0/s1. The van der Waals surface area contributed by atoms with Gasteiger partial charge in [0.05, 0.1) is 36.6 Å². The maximum atomic E-state index is 12.1. The van der Waals surface area contributed by atoms with Crippen LogP contribution >= 0.6 is 0 Å². The number of epoxide rings is 1. The normalized spacial score (nSPS) is 39.8. The number of allylic oxidation sites excluding steroid dienone is 2. The quantitative estimate of drug-likeness (QED) is 0.305. The van der Waals surface area contributed by atoms with Crippen LogP contribution in [0.3, 0.4) is 0 Å². The van der Waals surface area contributed by atoms with E-state index in [1.54, 1.807) is 6.92 Å². The minimum Gasteiger partial charge on any atom is -0.389 e. The molecule has 0 aliphatic carbocycles. The maximum Gasteiger partial charge on any atom is 0.244 e. The molecule has 1 spiro atoms. The average molecular weight is 464 g/mol. The number of aliphatic hydroxyl groups excluding tert-OH is 2. The highest BCUT2D eigenvalue weighted by Gasteiger charge is 2.60. The van der Waals surface area contributed by atoms with E-state index in [1.165, 1.54) is 12.2 Å². The molecule has 7 nitrogen and oxygen atoms in total. The zero-order chi connectivity index (χ0) is 24.4. The fraction of sp³-hybridized carbons (Fsp3) is 0.731. The Balaban J connectivity index is 1.52. The van der Waals surface area contributed by atoms with E-state index in [2.05, 4.69) is 18.3 Å². The van der Waals surface area contributed by atoms with Gasteiger partial charge in [0, 0.05) is 12.5 Å². The highest BCUT2D eigenvalue weighted by atomic mass is 16.6. The zero-order valence-electron chi connectivity index (χ0n) is 20.8. The first-order chi connectivity index (χ1) is 15.4. The number of carbonyl (C=O) groups is 1. The molecule has 7 heteroatoms. The number of ether oxygens (including phenoxy) is 3. The molecular weight excluding hydrogens is 422 g/mol. The molecule has 3 aliphatic heterocycles. The van der Waals surface area contributed by atoms with Crippen molar-refractivity contribution >= 4 is 5.91 Å². The number of nitrogens with one attached hydrogen (secondary N) is 1. The summed E-state index contributed by atoms with van der Waals surface area (Å²) < 4.78 is 17.9. The van der Waals surface area contributed by atoms with E-state index in [9.17, 15) is 15.0 Å². The van der Waals surface area contributed by atoms with Crippen molar-refractivity contribution in [2.24, 2.45) is 5.92 Å². The Morgan fingerprint density at radius 1 is 1.27 bits per heavy atom. The Morgan fingerprint density at radius 3 is 2.61 bits per heavy atom. The molecule has 3 N–H and O–H groups in total. The van der Waals surface area contributed by atoms with Gasteiger partial charge in [0.2, 0.25) is 5.91 Å². The van der Waals surface area contributed by atoms with Gasteiger partial charge in [0.15, 0.2) is 0 Å². The Kier molecular flexibility index (Phi) is 8.23. The molecule has 3 fully saturated rings. The molecule has 8 atom stereocenters. The Bertz CT molecular complexity index is 782. The number of hydrogen-bond donors (Lipinski definition) is 3. The molecule has 3 aliphatic rings. The molecule has 186 valence electrons. The third-order valence-electron chi connectivity index (χ3n) is 6.84. The van der Waals surface area contributed by atoms with E-state index in [4.69, 9.17) is 14.2 Å². The van der Waals surface area contributed by atoms with Crippen molar-refractivity contribution in [3.8, 4) is 0 Å². The molecule has 3 saturated heterocycles. The van der Waals surface area contributed by atoms with Crippen molar-refractivity contribution in [2.45, 2.75) is 109 Å². The van der Waals surface area contributed by atoms with Gasteiger partial charge in [-0.25, -0.2) is 0 Å². The van der Waals surface area contributed by atoms with E-state index in [0.717, 1.165) is 18.4 Å². The molecule has 0 saturated carbocycles. The maximum absolute atomic E-state index is 12.1. The molecule has 0 aromatic rings. The topological polar surface area (TPSA) is 101 Å². The van der Waals surface area contributed by atoms with E-state index in [-0.39, 0.29) is 35.7 Å². The first kappa shape index (κ1) is 26.1. The Morgan fingerprint density at radius 2 is 1.97 bits per heavy atom. The molecule has 0 unspecified atom stereocenters. The van der Waals surface area contributed by atoms with Gasteiger partial charge in [-0.3, -0.25) is 4.79 Å². The first-order valence-corrected chi connectivity index (χ1v) is 12.1. The van der Waals surface area contributed by atoms with Crippen LogP contribution in [0.2, 0.25) is 0 Å². The van der Waals surface area contributed by atoms with Gasteiger partial charge in [-0.1, -0.05) is 36.8 Å². The van der Waals surface area contributed by atoms with Crippen LogP contribution in [-0.2, 0) is 19.0 Å². The number of rotatable bonds is 7. The van der Waals surface area contributed by atoms with Crippen molar-refractivity contribution in [3.05, 3.63) is 36.0 Å². The SMILES string of the molecule is CC(/C=C/[C@H]1OC(C)(C)C[C@@]2(CO2)[C@@H]1O)=C\C[C@@H]1O[C@H](C)[C@H](NC(=O)/C=C\[C@@H](C)O)C[C@@H]1C. The fourth-order valence-electron chi connectivity index (χ4n) is 4.90. The molecule has 0 aromatic heterocycles. The minimum absolute atomic E-state index is 0.0578. The predicted molar refractivity (Wildman–Crippen MR) is 127 cm³/mol. The summed E-state index contributed by atoms with van der Waals surface area (Å²) in [6.45, 7) is 12.4. The minimum atomic E-state index is -0.653. The van der Waals surface area contributed by atoms with Gasteiger partial charge in [0.1, 0.15) is 17.8 Å². The van der Waals surface area contributed by atoms with Crippen molar-refractivity contribution in [3.63, 3.8) is 0 Å². The van der Waals surface area contributed by atoms with Crippen molar-refractivity contribution < 1.29 is 29.2 Å². The van der Waals surface area contributed by atoms with E-state index in [1.807, 2.05) is 39.8 Å². The Labute approximate surface area is 197 Å². The van der Waals surface area contributed by atoms with Crippen LogP contribution in [0.15, 0.2) is 36.0 Å². The highest BCUT2D eigenvalue weighted by molar-refractivity contribution is 5.87. The van der Waals surface area contributed by atoms with Crippen LogP contribution in [0.5, 0.6) is 0 Å². The summed E-state index contributed by atoms with van der Waals surface area (Å²) in [7, 11) is 0. The molecule has 1 amide bonds. The lowest BCUT2D eigenvalue weighted by molar-refractivity contribution is -0.171. The lowest BCUT2D eigenvalue weighted by Gasteiger charge is -2.41. The number of amides is 1. The summed E-state index contributed by atoms with van der Waals surface area (Å²) in [6.07, 6.45) is 9.52. The van der Waals surface area contributed by atoms with Crippen molar-refractivity contribution in [1.29, 1.82) is 0 Å². The molecule has 3 heterocycles. The van der Waals surface area contributed by atoms with Crippen LogP contribution in [0.1, 0.15) is 60.8 Å². The highest BCUT2D eigenvalue weighted by Crippen LogP contribution is 2.46. The largest absolute Gasteiger partial charge is 0.389 e. The second-order valence-corrected chi connectivity index (χ2v) is 10.7. The second-order valence-electron chi connectivity index (χ2n) is 10.7. The van der Waals surface area contributed by atoms with Crippen LogP contribution < -0.4 is 5.32 Å². The summed E-state index contributed by atoms with van der Waals surface area (Å²) in [6, 6.07) is -0.0578. The predicted octanol–water partition coefficient (Wildman–Crippen LogP) is 2.81.